The smallest absolute Gasteiger partial charge is 0.164 e. The SMILES string of the molecule is c1ccc(-c2nc(-c3ccccc3)nc(-c3cccc(-n4c5ccc(-c6ccc7c(c6)c6ccc8c9ccccc9n(-c9ccccc9)c8c6n7-c6ccccc6)cc5c5cc6c(cc54)c4ccccc4n6-c4ccccc4)c3)n2)cc1. The van der Waals surface area contributed by atoms with Gasteiger partial charge in [0.25, 0.3) is 0 Å². The molecule has 17 aromatic rings. The number of hydrogen-bond acceptors (Lipinski definition) is 3. The average Bonchev–Trinajstić information content (AvgIpc) is 3.19. The summed E-state index contributed by atoms with van der Waals surface area (Å²) in [7, 11) is 0. The molecule has 7 nitrogen and oxygen atoms in total. The van der Waals surface area contributed by atoms with Crippen molar-refractivity contribution >= 4 is 87.2 Å². The van der Waals surface area contributed by atoms with Gasteiger partial charge in [-0.05, 0) is 108 Å². The molecule has 0 unspecified atom stereocenters. The van der Waals surface area contributed by atoms with Crippen molar-refractivity contribution in [2.24, 2.45) is 0 Å². The molecule has 382 valence electrons. The highest BCUT2D eigenvalue weighted by molar-refractivity contribution is 6.25. The van der Waals surface area contributed by atoms with Gasteiger partial charge < -0.3 is 18.3 Å². The maximum Gasteiger partial charge on any atom is 0.164 e. The predicted octanol–water partition coefficient (Wildman–Crippen LogP) is 18.9. The molecule has 0 N–H and O–H groups in total. The number of benzene rings is 12. The summed E-state index contributed by atoms with van der Waals surface area (Å²) < 4.78 is 9.77. The van der Waals surface area contributed by atoms with Gasteiger partial charge in [0.2, 0.25) is 0 Å². The molecular weight excluding hydrogens is 999 g/mol. The summed E-state index contributed by atoms with van der Waals surface area (Å²) in [6.45, 7) is 0. The van der Waals surface area contributed by atoms with Gasteiger partial charge in [-0.2, -0.15) is 0 Å². The third-order valence-electron chi connectivity index (χ3n) is 16.6. The first-order chi connectivity index (χ1) is 40.7. The summed E-state index contributed by atoms with van der Waals surface area (Å²) in [5, 5.41) is 9.55. The highest BCUT2D eigenvalue weighted by atomic mass is 15.1. The van der Waals surface area contributed by atoms with Crippen LogP contribution in [0.1, 0.15) is 0 Å². The number of hydrogen-bond donors (Lipinski definition) is 0. The summed E-state index contributed by atoms with van der Waals surface area (Å²) in [5.41, 5.74) is 18.7. The molecule has 0 aliphatic rings. The Labute approximate surface area is 471 Å². The number of rotatable bonds is 8. The second-order valence-corrected chi connectivity index (χ2v) is 21.2. The van der Waals surface area contributed by atoms with Crippen molar-refractivity contribution < 1.29 is 0 Å². The second kappa shape index (κ2) is 18.2. The molecule has 0 atom stereocenters. The van der Waals surface area contributed by atoms with E-state index in [4.69, 9.17) is 15.0 Å². The Balaban J connectivity index is 0.907. The van der Waals surface area contributed by atoms with Crippen LogP contribution in [0.25, 0.3) is 155 Å². The lowest BCUT2D eigenvalue weighted by molar-refractivity contribution is 1.07. The van der Waals surface area contributed by atoms with Crippen molar-refractivity contribution in [2.75, 3.05) is 0 Å². The molecule has 5 heterocycles. The zero-order valence-corrected chi connectivity index (χ0v) is 44.3. The van der Waals surface area contributed by atoms with E-state index < -0.39 is 0 Å². The van der Waals surface area contributed by atoms with Gasteiger partial charge in [-0.25, -0.2) is 15.0 Å². The van der Waals surface area contributed by atoms with E-state index in [2.05, 4.69) is 267 Å². The van der Waals surface area contributed by atoms with Crippen molar-refractivity contribution in [3.63, 3.8) is 0 Å². The van der Waals surface area contributed by atoms with Gasteiger partial charge in [0.1, 0.15) is 0 Å². The molecule has 5 aromatic heterocycles. The quantitative estimate of drug-likeness (QED) is 0.152. The Kier molecular flexibility index (Phi) is 10.2. The van der Waals surface area contributed by atoms with Crippen molar-refractivity contribution in [3.8, 4) is 68.0 Å². The van der Waals surface area contributed by atoms with E-state index in [1.54, 1.807) is 0 Å². The predicted molar refractivity (Wildman–Crippen MR) is 339 cm³/mol. The molecule has 0 saturated heterocycles. The molecule has 12 aromatic carbocycles. The van der Waals surface area contributed by atoms with Crippen LogP contribution >= 0.6 is 0 Å². The van der Waals surface area contributed by atoms with Crippen LogP contribution < -0.4 is 0 Å². The Morgan fingerprint density at radius 3 is 1.06 bits per heavy atom. The molecule has 82 heavy (non-hydrogen) atoms. The second-order valence-electron chi connectivity index (χ2n) is 21.2. The van der Waals surface area contributed by atoms with E-state index in [0.29, 0.717) is 17.5 Å². The highest BCUT2D eigenvalue weighted by Crippen LogP contribution is 2.45. The molecule has 0 radical (unpaired) electrons. The lowest BCUT2D eigenvalue weighted by Gasteiger charge is -2.12. The molecule has 0 aliphatic carbocycles. The zero-order valence-electron chi connectivity index (χ0n) is 44.3. The first-order valence-electron chi connectivity index (χ1n) is 27.8. The van der Waals surface area contributed by atoms with Gasteiger partial charge in [0, 0.05) is 82.5 Å². The maximum atomic E-state index is 5.16. The number of fused-ring (bicyclic) bond motifs is 13. The fraction of sp³-hybridized carbons (Fsp3) is 0. The van der Waals surface area contributed by atoms with Gasteiger partial charge in [0.15, 0.2) is 17.5 Å². The molecular formula is C75H47N7. The number of aromatic nitrogens is 7. The largest absolute Gasteiger partial charge is 0.309 e. The summed E-state index contributed by atoms with van der Waals surface area (Å²) >= 11 is 0. The van der Waals surface area contributed by atoms with Crippen molar-refractivity contribution in [3.05, 3.63) is 285 Å². The van der Waals surface area contributed by atoms with Gasteiger partial charge in [0.05, 0.1) is 44.1 Å². The standard InChI is InChI=1S/C75H47N7/c1-6-21-48(22-7-1)73-76-74(49-23-8-2-9-24-49)78-75(77-73)52-25-20-32-56(43-52)80-67-41-37-51(45-62(67)64-47-69-63(46-70(64)80)58-34-17-18-35-65(58)79(69)53-26-10-3-11-27-53)50-38-42-68-61(44-50)60-40-39-59-57-33-16-19-36-66(57)81(54-28-12-4-13-29-54)71(59)72(60)82(68)55-30-14-5-15-31-55/h1-47H. The van der Waals surface area contributed by atoms with Gasteiger partial charge in [-0.1, -0.05) is 188 Å². The summed E-state index contributed by atoms with van der Waals surface area (Å²) in [6.07, 6.45) is 0. The van der Waals surface area contributed by atoms with Crippen LogP contribution in [0.5, 0.6) is 0 Å². The summed E-state index contributed by atoms with van der Waals surface area (Å²) in [5.74, 6) is 1.86. The fourth-order valence-corrected chi connectivity index (χ4v) is 12.9. The topological polar surface area (TPSA) is 58.4 Å². The minimum Gasteiger partial charge on any atom is -0.309 e. The molecule has 0 aliphatic heterocycles. The van der Waals surface area contributed by atoms with E-state index in [1.165, 1.54) is 48.9 Å². The first kappa shape index (κ1) is 45.8. The van der Waals surface area contributed by atoms with Gasteiger partial charge >= 0.3 is 0 Å². The van der Waals surface area contributed by atoms with Crippen LogP contribution in [0.3, 0.4) is 0 Å². The Bertz CT molecular complexity index is 5310. The third kappa shape index (κ3) is 7.06. The van der Waals surface area contributed by atoms with Gasteiger partial charge in [-0.15, -0.1) is 0 Å². The molecule has 0 saturated carbocycles. The maximum absolute atomic E-state index is 5.16. The van der Waals surface area contributed by atoms with Crippen molar-refractivity contribution in [1.29, 1.82) is 0 Å². The number of para-hydroxylation sites is 5. The van der Waals surface area contributed by atoms with E-state index in [0.717, 1.165) is 88.9 Å². The van der Waals surface area contributed by atoms with Crippen LogP contribution in [0.15, 0.2) is 285 Å². The normalized spacial score (nSPS) is 11.9. The van der Waals surface area contributed by atoms with Crippen LogP contribution in [0, 0.1) is 0 Å². The Morgan fingerprint density at radius 2 is 0.524 bits per heavy atom. The Hall–Kier alpha value is -11.2. The third-order valence-corrected chi connectivity index (χ3v) is 16.6. The van der Waals surface area contributed by atoms with Crippen LogP contribution in [0.4, 0.5) is 0 Å². The van der Waals surface area contributed by atoms with Crippen LogP contribution in [0.2, 0.25) is 0 Å². The lowest BCUT2D eigenvalue weighted by Crippen LogP contribution is -2.01. The minimum absolute atomic E-state index is 0.609. The average molecular weight is 1050 g/mol. The minimum atomic E-state index is 0.609. The molecule has 0 amide bonds. The number of nitrogens with zero attached hydrogens (tertiary/aromatic N) is 7. The lowest BCUT2D eigenvalue weighted by atomic mass is 10.00. The van der Waals surface area contributed by atoms with Gasteiger partial charge in [-0.3, -0.25) is 0 Å². The first-order valence-corrected chi connectivity index (χ1v) is 27.8. The molecule has 0 bridgehead atoms. The molecule has 17 rings (SSSR count). The van der Waals surface area contributed by atoms with Crippen molar-refractivity contribution in [2.45, 2.75) is 0 Å². The van der Waals surface area contributed by atoms with Crippen molar-refractivity contribution in [1.82, 2.24) is 33.2 Å². The van der Waals surface area contributed by atoms with E-state index in [1.807, 2.05) is 36.4 Å². The monoisotopic (exact) mass is 1050 g/mol. The summed E-state index contributed by atoms with van der Waals surface area (Å²) in [6, 6.07) is 102. The van der Waals surface area contributed by atoms with E-state index in [-0.39, 0.29) is 0 Å². The summed E-state index contributed by atoms with van der Waals surface area (Å²) in [4.78, 5) is 15.3. The highest BCUT2D eigenvalue weighted by Gasteiger charge is 2.24. The van der Waals surface area contributed by atoms with Crippen LogP contribution in [-0.4, -0.2) is 33.2 Å². The zero-order chi connectivity index (χ0) is 53.8. The fourth-order valence-electron chi connectivity index (χ4n) is 12.9. The molecule has 0 spiro atoms. The molecule has 7 heteroatoms. The molecule has 0 fully saturated rings. The van der Waals surface area contributed by atoms with Crippen LogP contribution in [-0.2, 0) is 0 Å². The van der Waals surface area contributed by atoms with E-state index >= 15 is 0 Å². The Morgan fingerprint density at radius 1 is 0.183 bits per heavy atom. The van der Waals surface area contributed by atoms with E-state index in [9.17, 15) is 0 Å².